The molecule has 0 atom stereocenters. The van der Waals surface area contributed by atoms with E-state index >= 15 is 0 Å². The monoisotopic (exact) mass is 215 g/mol. The van der Waals surface area contributed by atoms with Crippen molar-refractivity contribution in [3.05, 3.63) is 0 Å². The average molecular weight is 214 g/mol. The molecule has 0 aromatic rings. The average Bonchev–Trinajstić information content (AvgIpc) is 1.67. The van der Waals surface area contributed by atoms with Crippen molar-refractivity contribution in [2.24, 2.45) is 3.96 Å². The molecule has 8 heavy (non-hydrogen) atoms. The Kier molecular flexibility index (Phi) is 4.44. The van der Waals surface area contributed by atoms with Crippen LogP contribution in [0.1, 0.15) is 19.8 Å². The molecule has 0 radical (unpaired) electrons. The van der Waals surface area contributed by atoms with E-state index in [2.05, 4.69) is 52.0 Å². The molecule has 0 bridgehead atoms. The topological polar surface area (TPSA) is 12.4 Å². The molecule has 0 amide bonds. The van der Waals surface area contributed by atoms with Gasteiger partial charge in [0, 0.05) is 0 Å². The van der Waals surface area contributed by atoms with Crippen LogP contribution in [0.2, 0.25) is 0 Å². The number of hydrogen-bond acceptors (Lipinski definition) is 3. The minimum absolute atomic E-state index is 0.450. The molecule has 0 rings (SSSR count). The van der Waals surface area contributed by atoms with Crippen LogP contribution in [-0.4, -0.2) is 20.0 Å². The van der Waals surface area contributed by atoms with E-state index in [0.717, 1.165) is 12.8 Å². The molecule has 0 aliphatic rings. The first kappa shape index (κ1) is 9.02. The van der Waals surface area contributed by atoms with E-state index in [1.807, 2.05) is 0 Å². The van der Waals surface area contributed by atoms with E-state index in [1.54, 1.807) is 0 Å². The molecule has 0 saturated carbocycles. The van der Waals surface area contributed by atoms with E-state index in [4.69, 9.17) is 0 Å². The maximum absolute atomic E-state index is 4.13. The van der Waals surface area contributed by atoms with Gasteiger partial charge in [0.25, 0.3) is 0 Å². The zero-order chi connectivity index (χ0) is 6.62. The summed E-state index contributed by atoms with van der Waals surface area (Å²) in [5.74, 6) is 0. The van der Waals surface area contributed by atoms with Gasteiger partial charge in [-0.2, -0.15) is 0 Å². The van der Waals surface area contributed by atoms with Gasteiger partial charge in [0.15, 0.2) is 0 Å². The number of rotatable bonds is 3. The SMILES string of the molecule is CCCC(S)(S)N=[Se]. The summed E-state index contributed by atoms with van der Waals surface area (Å²) in [6.07, 6.45) is 1.95. The predicted octanol–water partition coefficient (Wildman–Crippen LogP) is 1.65. The number of thiol groups is 2. The van der Waals surface area contributed by atoms with Gasteiger partial charge in [-0.15, -0.1) is 0 Å². The second-order valence-corrected chi connectivity index (χ2v) is 3.83. The standard InChI is InChI=1S/C4H9NS2Se/c1-2-3-4(6,7)5-8/h6-7H,2-3H2,1H3. The van der Waals surface area contributed by atoms with Crippen LogP contribution in [0.15, 0.2) is 3.96 Å². The van der Waals surface area contributed by atoms with E-state index < -0.39 is 4.20 Å². The summed E-state index contributed by atoms with van der Waals surface area (Å²) in [7, 11) is 0. The molecule has 4 heteroatoms. The fourth-order valence-corrected chi connectivity index (χ4v) is 1.02. The van der Waals surface area contributed by atoms with E-state index in [1.165, 1.54) is 0 Å². The van der Waals surface area contributed by atoms with Crippen LogP contribution in [0.3, 0.4) is 0 Å². The second kappa shape index (κ2) is 3.94. The third kappa shape index (κ3) is 3.95. The van der Waals surface area contributed by atoms with Crippen molar-refractivity contribution in [2.75, 3.05) is 0 Å². The zero-order valence-corrected chi connectivity index (χ0v) is 8.17. The second-order valence-electron chi connectivity index (χ2n) is 1.62. The van der Waals surface area contributed by atoms with Crippen molar-refractivity contribution in [3.63, 3.8) is 0 Å². The Morgan fingerprint density at radius 3 is 2.25 bits per heavy atom. The number of hydrogen-bond donors (Lipinski definition) is 2. The molecular weight excluding hydrogens is 205 g/mol. The van der Waals surface area contributed by atoms with Crippen molar-refractivity contribution in [3.8, 4) is 0 Å². The molecule has 0 saturated heterocycles. The first-order valence-electron chi connectivity index (χ1n) is 2.41. The van der Waals surface area contributed by atoms with Crippen LogP contribution in [0.5, 0.6) is 0 Å². The van der Waals surface area contributed by atoms with Crippen LogP contribution in [0.4, 0.5) is 0 Å². The molecule has 48 valence electrons. The molecule has 0 heterocycles. The van der Waals surface area contributed by atoms with Gasteiger partial charge in [-0.25, -0.2) is 0 Å². The third-order valence-electron chi connectivity index (χ3n) is 0.732. The predicted molar refractivity (Wildman–Crippen MR) is 43.8 cm³/mol. The van der Waals surface area contributed by atoms with Crippen molar-refractivity contribution in [2.45, 2.75) is 24.0 Å². The van der Waals surface area contributed by atoms with Crippen LogP contribution < -0.4 is 0 Å². The van der Waals surface area contributed by atoms with Crippen LogP contribution >= 0.6 is 25.3 Å². The van der Waals surface area contributed by atoms with Gasteiger partial charge in [-0.1, -0.05) is 0 Å². The van der Waals surface area contributed by atoms with Crippen molar-refractivity contribution < 1.29 is 0 Å². The number of nitrogens with zero attached hydrogens (tertiary/aromatic N) is 1. The van der Waals surface area contributed by atoms with Crippen LogP contribution in [0.25, 0.3) is 0 Å². The normalized spacial score (nSPS) is 11.4. The molecule has 0 unspecified atom stereocenters. The molecule has 0 aliphatic carbocycles. The fraction of sp³-hybridized carbons (Fsp3) is 1.00. The van der Waals surface area contributed by atoms with E-state index in [-0.39, 0.29) is 0 Å². The quantitative estimate of drug-likeness (QED) is 0.402. The molecule has 0 aromatic carbocycles. The van der Waals surface area contributed by atoms with Gasteiger partial charge in [-0.3, -0.25) is 0 Å². The Labute approximate surface area is 69.1 Å². The first-order valence-corrected chi connectivity index (χ1v) is 4.07. The van der Waals surface area contributed by atoms with Gasteiger partial charge in [0.1, 0.15) is 0 Å². The Hall–Kier alpha value is 1.02. The van der Waals surface area contributed by atoms with Gasteiger partial charge < -0.3 is 0 Å². The molecule has 0 fully saturated rings. The first-order chi connectivity index (χ1) is 3.62. The summed E-state index contributed by atoms with van der Waals surface area (Å²) in [6.45, 7) is 2.08. The third-order valence-corrected chi connectivity index (χ3v) is 2.64. The van der Waals surface area contributed by atoms with Gasteiger partial charge in [-0.05, 0) is 0 Å². The van der Waals surface area contributed by atoms with E-state index in [0.29, 0.717) is 0 Å². The summed E-state index contributed by atoms with van der Waals surface area (Å²) in [5.41, 5.74) is 0. The summed E-state index contributed by atoms with van der Waals surface area (Å²) in [4.78, 5) is 0. The molecule has 1 nitrogen and oxygen atoms in total. The molecule has 0 spiro atoms. The molecule has 0 N–H and O–H groups in total. The Morgan fingerprint density at radius 2 is 2.12 bits per heavy atom. The van der Waals surface area contributed by atoms with Gasteiger partial charge >= 0.3 is 69.0 Å². The van der Waals surface area contributed by atoms with E-state index in [9.17, 15) is 0 Å². The summed E-state index contributed by atoms with van der Waals surface area (Å²) < 4.78 is 3.36. The summed E-state index contributed by atoms with van der Waals surface area (Å²) in [5, 5.41) is 0. The van der Waals surface area contributed by atoms with Crippen LogP contribution in [0, 0.1) is 0 Å². The maximum atomic E-state index is 4.13. The zero-order valence-electron chi connectivity index (χ0n) is 4.66. The van der Waals surface area contributed by atoms with Crippen LogP contribution in [-0.2, 0) is 0 Å². The van der Waals surface area contributed by atoms with Crippen molar-refractivity contribution in [1.82, 2.24) is 0 Å². The minimum atomic E-state index is -0.450. The van der Waals surface area contributed by atoms with Crippen molar-refractivity contribution >= 4 is 41.1 Å². The fourth-order valence-electron chi connectivity index (χ4n) is 0.381. The van der Waals surface area contributed by atoms with Gasteiger partial charge in [0.05, 0.1) is 0 Å². The Bertz CT molecular complexity index is 84.1. The molecular formula is C4H9NS2Se. The molecule has 0 aromatic heterocycles. The summed E-state index contributed by atoms with van der Waals surface area (Å²) >= 11 is 10.8. The van der Waals surface area contributed by atoms with Gasteiger partial charge in [0.2, 0.25) is 0 Å². The Morgan fingerprint density at radius 1 is 1.62 bits per heavy atom. The summed E-state index contributed by atoms with van der Waals surface area (Å²) in [6, 6.07) is 0. The Balaban J connectivity index is 3.53. The van der Waals surface area contributed by atoms with Crippen molar-refractivity contribution in [1.29, 1.82) is 0 Å². The molecule has 0 aliphatic heterocycles.